The molecule has 100 valence electrons. The van der Waals surface area contributed by atoms with E-state index in [0.717, 1.165) is 11.3 Å². The molecule has 0 bridgehead atoms. The maximum Gasteiger partial charge on any atom is 0.332 e. The zero-order chi connectivity index (χ0) is 13.4. The molecule has 18 heavy (non-hydrogen) atoms. The smallest absolute Gasteiger partial charge is 0.332 e. The van der Waals surface area contributed by atoms with E-state index in [1.807, 2.05) is 25.1 Å². The Hall–Kier alpha value is -1.26. The minimum atomic E-state index is -0.342. The number of rotatable bonds is 7. The van der Waals surface area contributed by atoms with Crippen LogP contribution in [0.1, 0.15) is 12.5 Å². The Kier molecular flexibility index (Phi) is 6.54. The summed E-state index contributed by atoms with van der Waals surface area (Å²) >= 11 is 6.02. The summed E-state index contributed by atoms with van der Waals surface area (Å²) in [6.45, 7) is 5.13. The summed E-state index contributed by atoms with van der Waals surface area (Å²) in [6.07, 6.45) is 0. The molecule has 0 aliphatic carbocycles. The fourth-order valence-corrected chi connectivity index (χ4v) is 1.57. The number of hydrogen-bond acceptors (Lipinski definition) is 4. The Morgan fingerprint density at radius 2 is 2.22 bits per heavy atom. The van der Waals surface area contributed by atoms with Crippen molar-refractivity contribution in [3.63, 3.8) is 0 Å². The number of ether oxygens (including phenoxy) is 2. The molecule has 0 spiro atoms. The maximum atomic E-state index is 11.0. The van der Waals surface area contributed by atoms with Gasteiger partial charge in [0.15, 0.2) is 0 Å². The summed E-state index contributed by atoms with van der Waals surface area (Å²) in [4.78, 5) is 11.0. The third kappa shape index (κ3) is 5.38. The molecule has 0 unspecified atom stereocenters. The van der Waals surface area contributed by atoms with Crippen LogP contribution in [0.3, 0.4) is 0 Å². The number of benzene rings is 1. The third-order valence-electron chi connectivity index (χ3n) is 2.21. The normalized spacial score (nSPS) is 10.2. The quantitative estimate of drug-likeness (QED) is 0.612. The van der Waals surface area contributed by atoms with Crippen LogP contribution in [0.2, 0.25) is 5.02 Å². The molecule has 4 nitrogen and oxygen atoms in total. The summed E-state index contributed by atoms with van der Waals surface area (Å²) in [5, 5.41) is 3.82. The third-order valence-corrected chi connectivity index (χ3v) is 2.54. The van der Waals surface area contributed by atoms with Gasteiger partial charge in [0.2, 0.25) is 0 Å². The molecule has 5 heteroatoms. The second kappa shape index (κ2) is 7.95. The molecule has 0 aliphatic rings. The van der Waals surface area contributed by atoms with Crippen LogP contribution in [-0.2, 0) is 14.3 Å². The molecule has 0 aromatic heterocycles. The van der Waals surface area contributed by atoms with E-state index in [9.17, 15) is 4.79 Å². The van der Waals surface area contributed by atoms with Gasteiger partial charge >= 0.3 is 5.97 Å². The lowest BCUT2D eigenvalue weighted by molar-refractivity contribution is -0.148. The average molecular weight is 272 g/mol. The Balaban J connectivity index is 2.21. The van der Waals surface area contributed by atoms with E-state index in [-0.39, 0.29) is 12.6 Å². The highest BCUT2D eigenvalue weighted by Gasteiger charge is 2.02. The summed E-state index contributed by atoms with van der Waals surface area (Å²) in [5.41, 5.74) is 2.01. The second-order valence-electron chi connectivity index (χ2n) is 3.77. The van der Waals surface area contributed by atoms with Crippen molar-refractivity contribution in [2.24, 2.45) is 0 Å². The molecule has 1 rings (SSSR count). The first kappa shape index (κ1) is 14.8. The lowest BCUT2D eigenvalue weighted by atomic mass is 10.2. The summed E-state index contributed by atoms with van der Waals surface area (Å²) in [7, 11) is 0. The highest BCUT2D eigenvalue weighted by Crippen LogP contribution is 2.22. The van der Waals surface area contributed by atoms with Crippen molar-refractivity contribution in [3.8, 4) is 0 Å². The van der Waals surface area contributed by atoms with Crippen LogP contribution in [0.25, 0.3) is 0 Å². The summed E-state index contributed by atoms with van der Waals surface area (Å²) in [6, 6.07) is 5.76. The molecule has 1 aromatic rings. The van der Waals surface area contributed by atoms with Crippen molar-refractivity contribution < 1.29 is 14.3 Å². The standard InChI is InChI=1S/C13H18ClNO3/c1-3-18-13(16)9-17-7-6-15-12-8-10(2)4-5-11(12)14/h4-5,8,15H,3,6-7,9H2,1-2H3. The van der Waals surface area contributed by atoms with Gasteiger partial charge in [-0.3, -0.25) is 0 Å². The largest absolute Gasteiger partial charge is 0.464 e. The molecule has 1 aromatic carbocycles. The highest BCUT2D eigenvalue weighted by molar-refractivity contribution is 6.33. The SMILES string of the molecule is CCOC(=O)COCCNc1cc(C)ccc1Cl. The van der Waals surface area contributed by atoms with Gasteiger partial charge in [-0.15, -0.1) is 0 Å². The number of nitrogens with one attached hydrogen (secondary N) is 1. The lowest BCUT2D eigenvalue weighted by Crippen LogP contribution is -2.16. The molecule has 0 heterocycles. The fourth-order valence-electron chi connectivity index (χ4n) is 1.39. The Bertz CT molecular complexity index is 396. The van der Waals surface area contributed by atoms with E-state index in [0.29, 0.717) is 24.8 Å². The molecule has 1 N–H and O–H groups in total. The molecule has 0 radical (unpaired) electrons. The van der Waals surface area contributed by atoms with Gasteiger partial charge in [-0.1, -0.05) is 17.7 Å². The Morgan fingerprint density at radius 3 is 2.94 bits per heavy atom. The number of esters is 1. The highest BCUT2D eigenvalue weighted by atomic mass is 35.5. The van der Waals surface area contributed by atoms with E-state index in [4.69, 9.17) is 21.1 Å². The molecule has 0 amide bonds. The van der Waals surface area contributed by atoms with Crippen molar-refractivity contribution in [2.75, 3.05) is 31.7 Å². The van der Waals surface area contributed by atoms with Crippen molar-refractivity contribution in [1.29, 1.82) is 0 Å². The van der Waals surface area contributed by atoms with Crippen LogP contribution in [0.5, 0.6) is 0 Å². The van der Waals surface area contributed by atoms with E-state index < -0.39 is 0 Å². The number of hydrogen-bond donors (Lipinski definition) is 1. The second-order valence-corrected chi connectivity index (χ2v) is 4.17. The van der Waals surface area contributed by atoms with Crippen LogP contribution in [0.15, 0.2) is 18.2 Å². The van der Waals surface area contributed by atoms with Gasteiger partial charge < -0.3 is 14.8 Å². The van der Waals surface area contributed by atoms with E-state index >= 15 is 0 Å². The minimum absolute atomic E-state index is 0.0168. The van der Waals surface area contributed by atoms with Gasteiger partial charge in [-0.05, 0) is 31.5 Å². The van der Waals surface area contributed by atoms with Gasteiger partial charge in [0.25, 0.3) is 0 Å². The fraction of sp³-hybridized carbons (Fsp3) is 0.462. The first-order valence-electron chi connectivity index (χ1n) is 5.87. The molecular formula is C13H18ClNO3. The maximum absolute atomic E-state index is 11.0. The number of carbonyl (C=O) groups is 1. The molecule has 0 saturated carbocycles. The van der Waals surface area contributed by atoms with Crippen LogP contribution < -0.4 is 5.32 Å². The predicted molar refractivity (Wildman–Crippen MR) is 72.1 cm³/mol. The van der Waals surface area contributed by atoms with Crippen LogP contribution in [-0.4, -0.2) is 32.3 Å². The Morgan fingerprint density at radius 1 is 1.44 bits per heavy atom. The molecule has 0 fully saturated rings. The number of aryl methyl sites for hydroxylation is 1. The summed E-state index contributed by atoms with van der Waals surface area (Å²) in [5.74, 6) is -0.342. The van der Waals surface area contributed by atoms with Crippen molar-refractivity contribution in [3.05, 3.63) is 28.8 Å². The van der Waals surface area contributed by atoms with E-state index in [1.165, 1.54) is 0 Å². The lowest BCUT2D eigenvalue weighted by Gasteiger charge is -2.09. The molecule has 0 aliphatic heterocycles. The van der Waals surface area contributed by atoms with Crippen molar-refractivity contribution in [2.45, 2.75) is 13.8 Å². The number of halogens is 1. The van der Waals surface area contributed by atoms with Gasteiger partial charge in [0, 0.05) is 6.54 Å². The number of carbonyl (C=O) groups excluding carboxylic acids is 1. The van der Waals surface area contributed by atoms with Gasteiger partial charge in [0.1, 0.15) is 6.61 Å². The monoisotopic (exact) mass is 271 g/mol. The van der Waals surface area contributed by atoms with Crippen molar-refractivity contribution >= 4 is 23.3 Å². The van der Waals surface area contributed by atoms with Gasteiger partial charge in [-0.2, -0.15) is 0 Å². The van der Waals surface area contributed by atoms with Crippen LogP contribution >= 0.6 is 11.6 Å². The predicted octanol–water partition coefficient (Wildman–Crippen LogP) is 2.64. The van der Waals surface area contributed by atoms with E-state index in [1.54, 1.807) is 6.92 Å². The Labute approximate surface area is 112 Å². The zero-order valence-corrected chi connectivity index (χ0v) is 11.4. The molecule has 0 saturated heterocycles. The van der Waals surface area contributed by atoms with Crippen LogP contribution in [0.4, 0.5) is 5.69 Å². The summed E-state index contributed by atoms with van der Waals surface area (Å²) < 4.78 is 9.90. The van der Waals surface area contributed by atoms with Crippen LogP contribution in [0, 0.1) is 6.92 Å². The molecular weight excluding hydrogens is 254 g/mol. The number of anilines is 1. The van der Waals surface area contributed by atoms with Gasteiger partial charge in [-0.25, -0.2) is 4.79 Å². The topological polar surface area (TPSA) is 47.6 Å². The minimum Gasteiger partial charge on any atom is -0.464 e. The molecule has 0 atom stereocenters. The first-order valence-corrected chi connectivity index (χ1v) is 6.24. The van der Waals surface area contributed by atoms with E-state index in [2.05, 4.69) is 5.32 Å². The van der Waals surface area contributed by atoms with Crippen molar-refractivity contribution in [1.82, 2.24) is 0 Å². The first-order chi connectivity index (χ1) is 8.63. The average Bonchev–Trinajstić information content (AvgIpc) is 2.33. The van der Waals surface area contributed by atoms with Gasteiger partial charge in [0.05, 0.1) is 23.9 Å². The zero-order valence-electron chi connectivity index (χ0n) is 10.7.